The Labute approximate surface area is 194 Å². The van der Waals surface area contributed by atoms with Crippen molar-refractivity contribution < 1.29 is 27.2 Å². The summed E-state index contributed by atoms with van der Waals surface area (Å²) in [4.78, 5) is 17.1. The predicted octanol–water partition coefficient (Wildman–Crippen LogP) is 5.08. The SMILES string of the molecule is Nc1c(C(=O)Nc2c[n+](-c3ccccc3)no2)sc2nc(-c3ccccc3)cc(C(F)(F)F)c12. The number of hydrogen-bond donors (Lipinski definition) is 2. The summed E-state index contributed by atoms with van der Waals surface area (Å²) in [5.74, 6) is -0.731. The number of rotatable bonds is 4. The van der Waals surface area contributed by atoms with Crippen LogP contribution in [0.15, 0.2) is 77.4 Å². The first-order valence-electron chi connectivity index (χ1n) is 9.92. The lowest BCUT2D eigenvalue weighted by Gasteiger charge is -2.11. The van der Waals surface area contributed by atoms with Gasteiger partial charge < -0.3 is 5.73 Å². The number of carbonyl (C=O) groups excluding carboxylic acids is 1. The first kappa shape index (κ1) is 21.6. The third-order valence-electron chi connectivity index (χ3n) is 5.00. The number of nitrogens with one attached hydrogen (secondary N) is 1. The number of pyridine rings is 1. The Balaban J connectivity index is 1.53. The molecule has 0 aliphatic carbocycles. The number of amides is 1. The molecule has 0 atom stereocenters. The molecule has 5 aromatic rings. The maximum absolute atomic E-state index is 13.9. The molecule has 0 fully saturated rings. The van der Waals surface area contributed by atoms with Crippen molar-refractivity contribution in [2.75, 3.05) is 11.1 Å². The minimum Gasteiger partial charge on any atom is -0.397 e. The zero-order valence-electron chi connectivity index (χ0n) is 17.2. The highest BCUT2D eigenvalue weighted by molar-refractivity contribution is 7.21. The molecule has 34 heavy (non-hydrogen) atoms. The van der Waals surface area contributed by atoms with Crippen LogP contribution in [0, 0.1) is 0 Å². The first-order valence-corrected chi connectivity index (χ1v) is 10.7. The average molecular weight is 482 g/mol. The van der Waals surface area contributed by atoms with Crippen molar-refractivity contribution in [3.63, 3.8) is 0 Å². The van der Waals surface area contributed by atoms with E-state index in [0.29, 0.717) is 11.3 Å². The number of nitrogens with zero attached hydrogens (tertiary/aromatic N) is 3. The van der Waals surface area contributed by atoms with E-state index in [2.05, 4.69) is 15.6 Å². The molecular formula is C23H15F3N5O2S+. The van der Waals surface area contributed by atoms with E-state index in [0.717, 1.165) is 17.4 Å². The Morgan fingerprint density at radius 2 is 1.74 bits per heavy atom. The van der Waals surface area contributed by atoms with Crippen LogP contribution in [0.3, 0.4) is 0 Å². The second-order valence-corrected chi connectivity index (χ2v) is 8.24. The number of anilines is 2. The Morgan fingerprint density at radius 3 is 2.41 bits per heavy atom. The summed E-state index contributed by atoms with van der Waals surface area (Å²) >= 11 is 0.777. The number of nitrogens with two attached hydrogens (primary N) is 1. The van der Waals surface area contributed by atoms with Crippen LogP contribution < -0.4 is 15.7 Å². The number of nitrogen functional groups attached to an aromatic ring is 1. The van der Waals surface area contributed by atoms with Crippen molar-refractivity contribution in [1.29, 1.82) is 0 Å². The van der Waals surface area contributed by atoms with E-state index in [1.54, 1.807) is 42.5 Å². The zero-order chi connectivity index (χ0) is 23.9. The van der Waals surface area contributed by atoms with Gasteiger partial charge in [0.1, 0.15) is 9.71 Å². The third-order valence-corrected chi connectivity index (χ3v) is 6.10. The second kappa shape index (κ2) is 8.27. The van der Waals surface area contributed by atoms with Gasteiger partial charge in [0.25, 0.3) is 12.1 Å². The van der Waals surface area contributed by atoms with Gasteiger partial charge in [0.05, 0.1) is 16.9 Å². The predicted molar refractivity (Wildman–Crippen MR) is 120 cm³/mol. The summed E-state index contributed by atoms with van der Waals surface area (Å²) in [5, 5.41) is 6.01. The minimum absolute atomic E-state index is 0.000289. The molecule has 0 saturated carbocycles. The van der Waals surface area contributed by atoms with E-state index in [1.807, 2.05) is 18.2 Å². The van der Waals surface area contributed by atoms with E-state index >= 15 is 0 Å². The van der Waals surface area contributed by atoms with Gasteiger partial charge in [-0.15, -0.1) is 11.3 Å². The van der Waals surface area contributed by atoms with Crippen LogP contribution in [-0.4, -0.2) is 16.2 Å². The highest BCUT2D eigenvalue weighted by Gasteiger charge is 2.36. The fraction of sp³-hybridized carbons (Fsp3) is 0.0435. The van der Waals surface area contributed by atoms with Gasteiger partial charge in [-0.25, -0.2) is 4.98 Å². The van der Waals surface area contributed by atoms with Crippen LogP contribution in [0.2, 0.25) is 0 Å². The quantitative estimate of drug-likeness (QED) is 0.348. The van der Waals surface area contributed by atoms with Crippen molar-refractivity contribution in [2.45, 2.75) is 6.18 Å². The maximum Gasteiger partial charge on any atom is 0.417 e. The molecule has 3 N–H and O–H groups in total. The molecule has 3 heterocycles. The van der Waals surface area contributed by atoms with E-state index in [4.69, 9.17) is 10.3 Å². The van der Waals surface area contributed by atoms with Gasteiger partial charge in [-0.1, -0.05) is 48.5 Å². The van der Waals surface area contributed by atoms with Crippen LogP contribution >= 0.6 is 11.3 Å². The molecule has 0 spiro atoms. The lowest BCUT2D eigenvalue weighted by molar-refractivity contribution is -0.670. The van der Waals surface area contributed by atoms with Gasteiger partial charge in [0.2, 0.25) is 11.0 Å². The van der Waals surface area contributed by atoms with Crippen LogP contribution in [0.5, 0.6) is 0 Å². The lowest BCUT2D eigenvalue weighted by Crippen LogP contribution is -2.31. The fourth-order valence-electron chi connectivity index (χ4n) is 3.44. The van der Waals surface area contributed by atoms with Gasteiger partial charge in [0.15, 0.2) is 0 Å². The second-order valence-electron chi connectivity index (χ2n) is 7.24. The Hall–Kier alpha value is -4.25. The number of carbonyl (C=O) groups is 1. The standard InChI is InChI=1S/C23H14F3N5O2S/c24-23(25,26)15-11-16(13-7-3-1-4-8-13)28-22-18(15)19(27)20(34-22)21(32)29-17-12-31(30-33-17)14-9-5-2-6-10-14/h1-12H,(H2-,27,29,30,32)/p+1. The largest absolute Gasteiger partial charge is 0.417 e. The molecule has 0 bridgehead atoms. The molecule has 0 saturated heterocycles. The molecule has 0 unspecified atom stereocenters. The van der Waals surface area contributed by atoms with Crippen molar-refractivity contribution >= 4 is 39.0 Å². The molecule has 170 valence electrons. The number of halogens is 3. The van der Waals surface area contributed by atoms with Crippen LogP contribution in [0.25, 0.3) is 27.2 Å². The van der Waals surface area contributed by atoms with Gasteiger partial charge in [0, 0.05) is 23.1 Å². The van der Waals surface area contributed by atoms with Crippen molar-refractivity contribution in [3.05, 3.63) is 83.4 Å². The van der Waals surface area contributed by atoms with Crippen molar-refractivity contribution in [2.24, 2.45) is 0 Å². The Kier molecular flexibility index (Phi) is 5.25. The zero-order valence-corrected chi connectivity index (χ0v) is 18.0. The molecule has 0 aliphatic rings. The molecule has 11 heteroatoms. The Bertz CT molecular complexity index is 1500. The normalized spacial score (nSPS) is 11.6. The smallest absolute Gasteiger partial charge is 0.397 e. The first-order chi connectivity index (χ1) is 16.3. The number of thiophene rings is 1. The molecule has 1 amide bonds. The summed E-state index contributed by atoms with van der Waals surface area (Å²) in [6.07, 6.45) is -3.26. The maximum atomic E-state index is 13.9. The molecule has 2 aromatic carbocycles. The summed E-state index contributed by atoms with van der Waals surface area (Å²) in [6, 6.07) is 18.4. The average Bonchev–Trinajstić information content (AvgIpc) is 3.43. The monoisotopic (exact) mass is 482 g/mol. The number of fused-ring (bicyclic) bond motifs is 1. The number of alkyl halides is 3. The summed E-state index contributed by atoms with van der Waals surface area (Å²) in [7, 11) is 0. The highest BCUT2D eigenvalue weighted by atomic mass is 32.1. The topological polar surface area (TPSA) is 97.9 Å². The molecule has 5 rings (SSSR count). The fourth-order valence-corrected chi connectivity index (χ4v) is 4.46. The van der Waals surface area contributed by atoms with Crippen molar-refractivity contribution in [1.82, 2.24) is 10.3 Å². The van der Waals surface area contributed by atoms with Gasteiger partial charge in [-0.05, 0) is 10.7 Å². The molecule has 3 aromatic heterocycles. The van der Waals surface area contributed by atoms with Crippen LogP contribution in [-0.2, 0) is 6.18 Å². The van der Waals surface area contributed by atoms with Crippen LogP contribution in [0.4, 0.5) is 24.7 Å². The van der Waals surface area contributed by atoms with Gasteiger partial charge in [-0.3, -0.25) is 14.6 Å². The summed E-state index contributed by atoms with van der Waals surface area (Å²) in [5.41, 5.74) is 6.12. The van der Waals surface area contributed by atoms with E-state index < -0.39 is 17.6 Å². The van der Waals surface area contributed by atoms with Gasteiger partial charge in [-0.2, -0.15) is 13.2 Å². The summed E-state index contributed by atoms with van der Waals surface area (Å²) < 4.78 is 48.3. The number of aromatic nitrogens is 3. The van der Waals surface area contributed by atoms with Crippen LogP contribution in [0.1, 0.15) is 15.2 Å². The third kappa shape index (κ3) is 3.97. The molecule has 0 aliphatic heterocycles. The number of hydrogen-bond acceptors (Lipinski definition) is 6. The van der Waals surface area contributed by atoms with E-state index in [-0.39, 0.29) is 32.4 Å². The summed E-state index contributed by atoms with van der Waals surface area (Å²) in [6.45, 7) is 0. The number of para-hydroxylation sites is 1. The molecule has 7 nitrogen and oxygen atoms in total. The molecular weight excluding hydrogens is 467 g/mol. The van der Waals surface area contributed by atoms with Crippen molar-refractivity contribution in [3.8, 4) is 16.9 Å². The Morgan fingerprint density at radius 1 is 1.06 bits per heavy atom. The van der Waals surface area contributed by atoms with E-state index in [1.165, 1.54) is 10.9 Å². The minimum atomic E-state index is -4.69. The lowest BCUT2D eigenvalue weighted by atomic mass is 10.1. The number of benzene rings is 2. The highest BCUT2D eigenvalue weighted by Crippen LogP contribution is 2.43. The molecule has 0 radical (unpaired) electrons. The van der Waals surface area contributed by atoms with E-state index in [9.17, 15) is 18.0 Å². The van der Waals surface area contributed by atoms with Gasteiger partial charge >= 0.3 is 12.1 Å².